The minimum atomic E-state index is -0.860. The van der Waals surface area contributed by atoms with Crippen LogP contribution in [0.15, 0.2) is 134 Å². The Balaban J connectivity index is 0.000000281. The predicted octanol–water partition coefficient (Wildman–Crippen LogP) is 13.7. The first-order chi connectivity index (χ1) is 28.9. The molecule has 0 amide bonds. The largest absolute Gasteiger partial charge is 0.496 e. The molecule has 0 saturated heterocycles. The number of hydrogen-bond donors (Lipinski definition) is 0. The van der Waals surface area contributed by atoms with E-state index in [-0.39, 0.29) is 5.41 Å². The lowest BCUT2D eigenvalue weighted by Crippen LogP contribution is -2.25. The molecule has 0 aliphatic heterocycles. The molecule has 6 aromatic carbocycles. The monoisotopic (exact) mass is 848 g/mol. The minimum absolute atomic E-state index is 0.0882. The molecular formula is C57H70O2P2. The van der Waals surface area contributed by atoms with Gasteiger partial charge in [0.2, 0.25) is 0 Å². The second-order valence-corrected chi connectivity index (χ2v) is 21.6. The minimum Gasteiger partial charge on any atom is -0.496 e. The van der Waals surface area contributed by atoms with Crippen molar-refractivity contribution in [2.24, 2.45) is 0 Å². The third-order valence-corrected chi connectivity index (χ3v) is 15.3. The summed E-state index contributed by atoms with van der Waals surface area (Å²) in [5, 5.41) is 8.14. The molecule has 0 aromatic heterocycles. The summed E-state index contributed by atoms with van der Waals surface area (Å²) < 4.78 is 11.9. The van der Waals surface area contributed by atoms with E-state index in [4.69, 9.17) is 9.47 Å². The van der Waals surface area contributed by atoms with Crippen molar-refractivity contribution in [3.63, 3.8) is 0 Å². The van der Waals surface area contributed by atoms with Crippen molar-refractivity contribution in [2.75, 3.05) is 14.2 Å². The van der Waals surface area contributed by atoms with E-state index in [1.54, 1.807) is 14.2 Å². The Morgan fingerprint density at radius 1 is 0.492 bits per heavy atom. The first kappa shape index (κ1) is 48.9. The van der Waals surface area contributed by atoms with Gasteiger partial charge in [0.05, 0.1) is 14.2 Å². The fourth-order valence-corrected chi connectivity index (χ4v) is 12.4. The van der Waals surface area contributed by atoms with Crippen LogP contribution in [0.25, 0.3) is 11.1 Å². The van der Waals surface area contributed by atoms with Gasteiger partial charge in [0.25, 0.3) is 0 Å². The lowest BCUT2D eigenvalue weighted by Gasteiger charge is -2.29. The first-order valence-electron chi connectivity index (χ1n) is 21.6. The number of rotatable bonds is 11. The Hall–Kier alpha value is -4.74. The van der Waals surface area contributed by atoms with Crippen LogP contribution in [0.1, 0.15) is 113 Å². The van der Waals surface area contributed by atoms with Crippen molar-refractivity contribution in [2.45, 2.75) is 101 Å². The van der Waals surface area contributed by atoms with E-state index in [0.717, 1.165) is 33.8 Å². The maximum Gasteiger partial charge on any atom is 0.130 e. The molecule has 0 aliphatic rings. The summed E-state index contributed by atoms with van der Waals surface area (Å²) >= 11 is 0. The van der Waals surface area contributed by atoms with Gasteiger partial charge < -0.3 is 9.47 Å². The summed E-state index contributed by atoms with van der Waals surface area (Å²) in [6.45, 7) is 36.5. The van der Waals surface area contributed by atoms with Gasteiger partial charge >= 0.3 is 0 Å². The Kier molecular flexibility index (Phi) is 17.5. The quantitative estimate of drug-likeness (QED) is 0.121. The molecule has 320 valence electrons. The number of methoxy groups -OCH3 is 2. The van der Waals surface area contributed by atoms with Gasteiger partial charge in [0.1, 0.15) is 11.5 Å². The van der Waals surface area contributed by atoms with E-state index >= 15 is 0 Å². The zero-order chi connectivity index (χ0) is 45.2. The van der Waals surface area contributed by atoms with E-state index in [1.807, 2.05) is 13.8 Å². The number of hydrogen-bond acceptors (Lipinski definition) is 2. The number of allylic oxidation sites excluding steroid dienone is 2. The zero-order valence-corrected chi connectivity index (χ0v) is 41.5. The van der Waals surface area contributed by atoms with Gasteiger partial charge in [0.15, 0.2) is 0 Å². The molecule has 0 spiro atoms. The average Bonchev–Trinajstić information content (AvgIpc) is 3.22. The summed E-state index contributed by atoms with van der Waals surface area (Å²) in [6, 6.07) is 45.1. The van der Waals surface area contributed by atoms with E-state index in [1.165, 1.54) is 65.2 Å². The average molecular weight is 849 g/mol. The van der Waals surface area contributed by atoms with Crippen LogP contribution < -0.4 is 41.3 Å². The highest BCUT2D eigenvalue weighted by molar-refractivity contribution is 7.80. The highest BCUT2D eigenvalue weighted by Gasteiger charge is 2.28. The highest BCUT2D eigenvalue weighted by Crippen LogP contribution is 2.43. The van der Waals surface area contributed by atoms with Crippen LogP contribution in [0.3, 0.4) is 0 Å². The van der Waals surface area contributed by atoms with E-state index in [9.17, 15) is 0 Å². The number of aryl methyl sites for hydroxylation is 4. The van der Waals surface area contributed by atoms with Crippen LogP contribution >= 0.6 is 15.8 Å². The van der Waals surface area contributed by atoms with Gasteiger partial charge in [-0.15, -0.1) is 0 Å². The molecule has 0 bridgehead atoms. The molecule has 0 radical (unpaired) electrons. The van der Waals surface area contributed by atoms with Crippen LogP contribution in [0.5, 0.6) is 11.5 Å². The molecule has 4 heteroatoms. The fraction of sp³-hybridized carbons (Fsp3) is 0.298. The van der Waals surface area contributed by atoms with Crippen molar-refractivity contribution < 1.29 is 9.47 Å². The van der Waals surface area contributed by atoms with Crippen molar-refractivity contribution in [3.05, 3.63) is 179 Å². The predicted molar refractivity (Wildman–Crippen MR) is 276 cm³/mol. The van der Waals surface area contributed by atoms with Crippen molar-refractivity contribution >= 4 is 58.8 Å². The Morgan fingerprint density at radius 2 is 0.885 bits per heavy atom. The second kappa shape index (κ2) is 21.9. The Bertz CT molecular complexity index is 2330. The molecule has 61 heavy (non-hydrogen) atoms. The van der Waals surface area contributed by atoms with Gasteiger partial charge in [0, 0.05) is 16.7 Å². The van der Waals surface area contributed by atoms with Gasteiger partial charge in [-0.3, -0.25) is 0 Å². The van der Waals surface area contributed by atoms with Crippen molar-refractivity contribution in [1.82, 2.24) is 0 Å². The van der Waals surface area contributed by atoms with E-state index < -0.39 is 15.8 Å². The molecule has 0 fully saturated rings. The summed E-state index contributed by atoms with van der Waals surface area (Å²) in [4.78, 5) is 0. The summed E-state index contributed by atoms with van der Waals surface area (Å²) in [6.07, 6.45) is 0. The topological polar surface area (TPSA) is 18.5 Å². The number of benzene rings is 6. The maximum absolute atomic E-state index is 5.96. The molecule has 2 nitrogen and oxygen atoms in total. The molecular weight excluding hydrogens is 779 g/mol. The molecule has 1 atom stereocenters. The first-order valence-corrected chi connectivity index (χ1v) is 24.2. The molecule has 0 saturated carbocycles. The molecule has 1 unspecified atom stereocenters. The molecule has 0 heterocycles. The molecule has 0 N–H and O–H groups in total. The zero-order valence-electron chi connectivity index (χ0n) is 39.7. The van der Waals surface area contributed by atoms with Crippen LogP contribution in [-0.4, -0.2) is 14.2 Å². The van der Waals surface area contributed by atoms with Crippen molar-refractivity contribution in [1.29, 1.82) is 0 Å². The lowest BCUT2D eigenvalue weighted by molar-refractivity contribution is 0.396. The van der Waals surface area contributed by atoms with Gasteiger partial charge in [-0.25, -0.2) is 0 Å². The van der Waals surface area contributed by atoms with Crippen LogP contribution in [0, 0.1) is 27.7 Å². The van der Waals surface area contributed by atoms with Crippen LogP contribution in [0.2, 0.25) is 0 Å². The van der Waals surface area contributed by atoms with E-state index in [2.05, 4.69) is 211 Å². The smallest absolute Gasteiger partial charge is 0.130 e. The SMILES string of the molecule is C=C(C)c1cc(P(c2ccccc2)c2cc(C(=C)C)c(OC)c(C(C)(C)C)c2)cc(C(C)C)c1OC.CC.Cc1ccc(P(c2ccc(C)cc2)c2cc(C)cc(C)c2)cc1. The number of ether oxygens (including phenoxy) is 2. The maximum atomic E-state index is 5.96. The highest BCUT2D eigenvalue weighted by atomic mass is 31.1. The molecule has 6 rings (SSSR count). The summed E-state index contributed by atoms with van der Waals surface area (Å²) in [5.74, 6) is 2.16. The summed E-state index contributed by atoms with van der Waals surface area (Å²) in [7, 11) is 2.15. The van der Waals surface area contributed by atoms with Crippen LogP contribution in [-0.2, 0) is 5.41 Å². The molecule has 6 aromatic rings. The Morgan fingerprint density at radius 3 is 1.30 bits per heavy atom. The van der Waals surface area contributed by atoms with Gasteiger partial charge in [-0.2, -0.15) is 0 Å². The van der Waals surface area contributed by atoms with Crippen LogP contribution in [0.4, 0.5) is 0 Å². The standard InChI is InChI=1S/C33H41O2P.C22H23P.C2H6/c1-21(2)27-17-25(18-28(22(3)4)31(27)34-10)36(24-15-13-12-14-16-24)26-19-29(23(5)6)32(35-11)30(20-26)33(7,8)9;1-16-5-9-20(10-6-16)23(21-11-7-17(2)8-12-21)22-14-18(3)13-19(4)15-22;1-2/h12-20,22H,1,5H2,2-4,6-11H3;5-15H,1-4H3;1-2H3. The van der Waals surface area contributed by atoms with E-state index in [0.29, 0.717) is 5.92 Å². The van der Waals surface area contributed by atoms with Gasteiger partial charge in [-0.1, -0.05) is 181 Å². The lowest BCUT2D eigenvalue weighted by atomic mass is 9.84. The van der Waals surface area contributed by atoms with Crippen molar-refractivity contribution in [3.8, 4) is 11.5 Å². The Labute approximate surface area is 372 Å². The molecule has 0 aliphatic carbocycles. The normalized spacial score (nSPS) is 11.6. The fourth-order valence-electron chi connectivity index (χ4n) is 7.51. The third-order valence-electron chi connectivity index (χ3n) is 10.5. The summed E-state index contributed by atoms with van der Waals surface area (Å²) in [5.41, 5.74) is 11.8. The second-order valence-electron chi connectivity index (χ2n) is 17.2. The van der Waals surface area contributed by atoms with Gasteiger partial charge in [-0.05, 0) is 142 Å². The third kappa shape index (κ3) is 12.2.